The van der Waals surface area contributed by atoms with Gasteiger partial charge in [-0.1, -0.05) is 0 Å². The van der Waals surface area contributed by atoms with E-state index in [1.54, 1.807) is 6.21 Å². The molecule has 1 rings (SSSR count). The first kappa shape index (κ1) is 4.30. The third kappa shape index (κ3) is 0.994. The number of amidine groups is 1. The van der Waals surface area contributed by atoms with Crippen LogP contribution in [0.2, 0.25) is 0 Å². The quantitative estimate of drug-likeness (QED) is 0.464. The molecule has 1 aliphatic heterocycles. The number of rotatable bonds is 0. The maximum absolute atomic E-state index is 3.99. The van der Waals surface area contributed by atoms with Crippen LogP contribution in [0, 0.1) is 0 Å². The van der Waals surface area contributed by atoms with Crippen LogP contribution >= 0.6 is 0 Å². The fourth-order valence-electron chi connectivity index (χ4n) is 0.393. The van der Waals surface area contributed by atoms with Gasteiger partial charge in [0, 0.05) is 7.64 Å². The van der Waals surface area contributed by atoms with Crippen LogP contribution in [0.3, 0.4) is 0 Å². The molecule has 7 heavy (non-hydrogen) atoms. The summed E-state index contributed by atoms with van der Waals surface area (Å²) >= 11 is 0. The summed E-state index contributed by atoms with van der Waals surface area (Å²) < 4.78 is 0. The van der Waals surface area contributed by atoms with Crippen LogP contribution in [0.5, 0.6) is 0 Å². The Hall–Kier alpha value is -0.860. The van der Waals surface area contributed by atoms with Gasteiger partial charge in [-0.3, -0.25) is 10.4 Å². The predicted molar refractivity (Wildman–Crippen MR) is 31.7 cm³/mol. The van der Waals surface area contributed by atoms with Gasteiger partial charge in [0.1, 0.15) is 5.84 Å². The molecule has 0 aromatic heterocycles. The number of nitrogens with zero attached hydrogens (tertiary/aromatic N) is 2. The topological polar surface area (TPSA) is 36.8 Å². The smallest absolute Gasteiger partial charge is 0.114 e. The molecule has 1 heterocycles. The maximum atomic E-state index is 3.99. The average molecular weight is 99.1 g/mol. The second-order valence-corrected chi connectivity index (χ2v) is 1.35. The summed E-state index contributed by atoms with van der Waals surface area (Å²) in [6, 6.07) is 0. The zero-order valence-electron chi connectivity index (χ0n) is 4.18. The Morgan fingerprint density at radius 3 is 3.14 bits per heavy atom. The van der Waals surface area contributed by atoms with Crippen LogP contribution in [-0.4, -0.2) is 18.6 Å². The molecule has 0 aliphatic carbocycles. The highest BCUT2D eigenvalue weighted by atomic mass is 15.3. The van der Waals surface area contributed by atoms with Gasteiger partial charge in [0.25, 0.3) is 0 Å². The maximum Gasteiger partial charge on any atom is 0.114 e. The summed E-state index contributed by atoms with van der Waals surface area (Å²) in [6.45, 7) is 2.61. The molecular weight excluding hydrogens is 90.1 g/mol. The first-order valence-electron chi connectivity index (χ1n) is 2.18. The van der Waals surface area contributed by atoms with E-state index in [4.69, 9.17) is 0 Å². The highest BCUT2D eigenvalue weighted by Crippen LogP contribution is 1.76. The predicted octanol–water partition coefficient (Wildman–Crippen LogP) is 0.240. The van der Waals surface area contributed by atoms with E-state index in [-0.39, 0.29) is 1.43 Å². The zero-order valence-corrected chi connectivity index (χ0v) is 4.18. The Bertz CT molecular complexity index is 118. The lowest BCUT2D eigenvalue weighted by Crippen LogP contribution is -2.18. The largest absolute Gasteiger partial charge is 0.266 e. The van der Waals surface area contributed by atoms with E-state index < -0.39 is 0 Å². The van der Waals surface area contributed by atoms with Crippen molar-refractivity contribution in [1.29, 1.82) is 0 Å². The Morgan fingerprint density at radius 1 is 2.00 bits per heavy atom. The van der Waals surface area contributed by atoms with E-state index in [1.807, 2.05) is 6.92 Å². The molecule has 1 N–H and O–H groups in total. The van der Waals surface area contributed by atoms with E-state index in [0.717, 1.165) is 12.4 Å². The highest BCUT2D eigenvalue weighted by Gasteiger charge is 1.87. The van der Waals surface area contributed by atoms with Crippen LogP contribution in [0.25, 0.3) is 0 Å². The van der Waals surface area contributed by atoms with Gasteiger partial charge in [-0.15, -0.1) is 0 Å². The number of hydrogen-bond donors (Lipinski definition) is 1. The minimum Gasteiger partial charge on any atom is -0.266 e. The Morgan fingerprint density at radius 2 is 2.86 bits per heavy atom. The lowest BCUT2D eigenvalue weighted by Gasteiger charge is -2.00. The summed E-state index contributed by atoms with van der Waals surface area (Å²) in [5.41, 5.74) is 2.70. The van der Waals surface area contributed by atoms with Gasteiger partial charge in [-0.2, -0.15) is 5.10 Å². The fraction of sp³-hybridized carbons (Fsp3) is 0.500. The second kappa shape index (κ2) is 1.73. The first-order valence-corrected chi connectivity index (χ1v) is 2.18. The molecule has 0 aromatic carbocycles. The molecule has 0 radical (unpaired) electrons. The molecule has 0 spiro atoms. The molecule has 0 amide bonds. The van der Waals surface area contributed by atoms with Crippen LogP contribution < -0.4 is 5.43 Å². The van der Waals surface area contributed by atoms with E-state index in [0.29, 0.717) is 0 Å². The molecule has 1 aliphatic rings. The Labute approximate surface area is 43.6 Å². The average Bonchev–Trinajstić information content (AvgIpc) is 1.69. The number of aliphatic imine (C=N–C) groups is 1. The van der Waals surface area contributed by atoms with E-state index in [9.17, 15) is 0 Å². The van der Waals surface area contributed by atoms with E-state index >= 15 is 0 Å². The van der Waals surface area contributed by atoms with Crippen LogP contribution in [0.1, 0.15) is 8.35 Å². The molecule has 3 heteroatoms. The van der Waals surface area contributed by atoms with Gasteiger partial charge < -0.3 is 0 Å². The third-order valence-corrected chi connectivity index (χ3v) is 0.728. The minimum atomic E-state index is 0. The third-order valence-electron chi connectivity index (χ3n) is 0.728. The summed E-state index contributed by atoms with van der Waals surface area (Å²) in [6.07, 6.45) is 1.73. The van der Waals surface area contributed by atoms with Crippen LogP contribution in [0.15, 0.2) is 10.1 Å². The molecule has 0 saturated carbocycles. The van der Waals surface area contributed by atoms with Gasteiger partial charge >= 0.3 is 0 Å². The molecule has 0 fully saturated rings. The van der Waals surface area contributed by atoms with Gasteiger partial charge in [0.2, 0.25) is 0 Å². The monoisotopic (exact) mass is 99.1 g/mol. The van der Waals surface area contributed by atoms with Gasteiger partial charge in [-0.05, 0) is 6.92 Å². The molecule has 0 aromatic rings. The number of hydrazone groups is 1. The second-order valence-electron chi connectivity index (χ2n) is 1.35. The fourth-order valence-corrected chi connectivity index (χ4v) is 0.393. The normalized spacial score (nSPS) is 18.1. The van der Waals surface area contributed by atoms with Crippen molar-refractivity contribution in [2.45, 2.75) is 6.92 Å². The summed E-state index contributed by atoms with van der Waals surface area (Å²) in [5.74, 6) is 0.891. The standard InChI is InChI=1S/C4H7N3.H2/c1-4-5-2-3-6-7-4;/h3H,2H2,1H3,(H,5,7);1H. The number of nitrogens with one attached hydrogen (secondary N) is 1. The van der Waals surface area contributed by atoms with Crippen molar-refractivity contribution in [3.05, 3.63) is 0 Å². The van der Waals surface area contributed by atoms with Crippen molar-refractivity contribution in [3.63, 3.8) is 0 Å². The molecule has 3 nitrogen and oxygen atoms in total. The van der Waals surface area contributed by atoms with E-state index in [2.05, 4.69) is 15.5 Å². The molecule has 40 valence electrons. The van der Waals surface area contributed by atoms with Gasteiger partial charge in [0.05, 0.1) is 6.54 Å². The molecule has 0 bridgehead atoms. The van der Waals surface area contributed by atoms with Crippen molar-refractivity contribution in [2.75, 3.05) is 6.54 Å². The van der Waals surface area contributed by atoms with Crippen LogP contribution in [-0.2, 0) is 0 Å². The molecule has 0 atom stereocenters. The Balaban J connectivity index is 0.000000490. The van der Waals surface area contributed by atoms with Crippen molar-refractivity contribution in [1.82, 2.24) is 5.43 Å². The van der Waals surface area contributed by atoms with Crippen molar-refractivity contribution in [3.8, 4) is 0 Å². The van der Waals surface area contributed by atoms with E-state index in [1.165, 1.54) is 0 Å². The van der Waals surface area contributed by atoms with Crippen molar-refractivity contribution >= 4 is 12.1 Å². The summed E-state index contributed by atoms with van der Waals surface area (Å²) in [5, 5.41) is 3.75. The van der Waals surface area contributed by atoms with Gasteiger partial charge in [-0.25, -0.2) is 0 Å². The zero-order chi connectivity index (χ0) is 5.11. The molecular formula is C4H9N3. The summed E-state index contributed by atoms with van der Waals surface area (Å²) in [7, 11) is 0. The van der Waals surface area contributed by atoms with Crippen molar-refractivity contribution < 1.29 is 1.43 Å². The first-order chi connectivity index (χ1) is 3.39. The molecule has 0 unspecified atom stereocenters. The highest BCUT2D eigenvalue weighted by molar-refractivity contribution is 5.83. The lowest BCUT2D eigenvalue weighted by atomic mass is 10.6. The molecule has 0 saturated heterocycles. The Kier molecular flexibility index (Phi) is 1.06. The minimum absolute atomic E-state index is 0. The number of hydrogen-bond acceptors (Lipinski definition) is 3. The van der Waals surface area contributed by atoms with Crippen LogP contribution in [0.4, 0.5) is 0 Å². The summed E-state index contributed by atoms with van der Waals surface area (Å²) in [4.78, 5) is 3.99. The SMILES string of the molecule is CC1=NCC=NN1.[HH]. The lowest BCUT2D eigenvalue weighted by molar-refractivity contribution is 0.976. The van der Waals surface area contributed by atoms with Gasteiger partial charge in [0.15, 0.2) is 0 Å². The van der Waals surface area contributed by atoms with Crippen molar-refractivity contribution in [2.24, 2.45) is 10.1 Å².